The number of hydrogen-bond donors (Lipinski definition) is 2. The van der Waals surface area contributed by atoms with Gasteiger partial charge in [0.2, 0.25) is 0 Å². The number of nitrogens with zero attached hydrogens (tertiary/aromatic N) is 2. The highest BCUT2D eigenvalue weighted by Gasteiger charge is 2.22. The smallest absolute Gasteiger partial charge is 0.191 e. The highest BCUT2D eigenvalue weighted by atomic mass is 16.5. The van der Waals surface area contributed by atoms with Gasteiger partial charge < -0.3 is 20.1 Å². The number of guanidine groups is 1. The van der Waals surface area contributed by atoms with Gasteiger partial charge in [0.15, 0.2) is 5.96 Å². The van der Waals surface area contributed by atoms with E-state index >= 15 is 0 Å². The van der Waals surface area contributed by atoms with Crippen molar-refractivity contribution in [1.29, 1.82) is 0 Å². The molecular weight excluding hydrogens is 364 g/mol. The lowest BCUT2D eigenvalue weighted by Crippen LogP contribution is -2.39. The summed E-state index contributed by atoms with van der Waals surface area (Å²) in [5.41, 5.74) is 2.74. The molecule has 2 N–H and O–H groups in total. The Bertz CT molecular complexity index is 598. The van der Waals surface area contributed by atoms with Gasteiger partial charge in [-0.15, -0.1) is 0 Å². The number of rotatable bonds is 11. The van der Waals surface area contributed by atoms with Crippen molar-refractivity contribution >= 4 is 5.96 Å². The maximum absolute atomic E-state index is 5.49. The molecule has 1 fully saturated rings. The molecule has 6 nitrogen and oxygen atoms in total. The lowest BCUT2D eigenvalue weighted by atomic mass is 9.91. The second-order valence-electron chi connectivity index (χ2n) is 8.22. The van der Waals surface area contributed by atoms with Crippen LogP contribution in [0.15, 0.2) is 29.3 Å². The SMILES string of the molecule is CN=C(NCCCOCCOC)NCc1ccccc1CN1CC(C)CC(C)C1. The van der Waals surface area contributed by atoms with Gasteiger partial charge in [-0.3, -0.25) is 9.89 Å². The zero-order chi connectivity index (χ0) is 20.9. The predicted octanol–water partition coefficient (Wildman–Crippen LogP) is 2.88. The number of methoxy groups -OCH3 is 1. The van der Waals surface area contributed by atoms with Gasteiger partial charge >= 0.3 is 0 Å². The molecule has 0 saturated carbocycles. The van der Waals surface area contributed by atoms with E-state index in [1.54, 1.807) is 7.11 Å². The number of nitrogens with one attached hydrogen (secondary N) is 2. The van der Waals surface area contributed by atoms with Crippen molar-refractivity contribution in [3.63, 3.8) is 0 Å². The first-order valence-corrected chi connectivity index (χ1v) is 10.9. The van der Waals surface area contributed by atoms with E-state index in [1.165, 1.54) is 30.6 Å². The predicted molar refractivity (Wildman–Crippen MR) is 120 cm³/mol. The fraction of sp³-hybridized carbons (Fsp3) is 0.696. The molecule has 1 heterocycles. The van der Waals surface area contributed by atoms with Crippen LogP contribution >= 0.6 is 0 Å². The Morgan fingerprint density at radius 2 is 1.79 bits per heavy atom. The minimum Gasteiger partial charge on any atom is -0.382 e. The maximum Gasteiger partial charge on any atom is 0.191 e. The number of hydrogen-bond acceptors (Lipinski definition) is 4. The zero-order valence-electron chi connectivity index (χ0n) is 18.7. The number of likely N-dealkylation sites (tertiary alicyclic amines) is 1. The van der Waals surface area contributed by atoms with Crippen LogP contribution in [0.5, 0.6) is 0 Å². The minimum absolute atomic E-state index is 0.644. The van der Waals surface area contributed by atoms with Crippen LogP contribution in [0.4, 0.5) is 0 Å². The van der Waals surface area contributed by atoms with Crippen molar-refractivity contribution in [3.8, 4) is 0 Å². The van der Waals surface area contributed by atoms with E-state index in [-0.39, 0.29) is 0 Å². The van der Waals surface area contributed by atoms with Crippen LogP contribution in [0.1, 0.15) is 37.8 Å². The third kappa shape index (κ3) is 9.15. The minimum atomic E-state index is 0.644. The first-order valence-electron chi connectivity index (χ1n) is 10.9. The van der Waals surface area contributed by atoms with Gasteiger partial charge in [0.05, 0.1) is 13.2 Å². The van der Waals surface area contributed by atoms with Gasteiger partial charge in [-0.25, -0.2) is 0 Å². The molecule has 1 aromatic rings. The third-order valence-corrected chi connectivity index (χ3v) is 5.32. The first kappa shape index (κ1) is 23.6. The van der Waals surface area contributed by atoms with Crippen molar-refractivity contribution in [1.82, 2.24) is 15.5 Å². The van der Waals surface area contributed by atoms with Gasteiger partial charge in [-0.2, -0.15) is 0 Å². The molecule has 0 radical (unpaired) electrons. The van der Waals surface area contributed by atoms with Crippen LogP contribution in [-0.2, 0) is 22.6 Å². The summed E-state index contributed by atoms with van der Waals surface area (Å²) in [4.78, 5) is 6.94. The van der Waals surface area contributed by atoms with E-state index in [9.17, 15) is 0 Å². The van der Waals surface area contributed by atoms with Crippen molar-refractivity contribution in [3.05, 3.63) is 35.4 Å². The summed E-state index contributed by atoms with van der Waals surface area (Å²) in [6, 6.07) is 8.74. The molecule has 164 valence electrons. The van der Waals surface area contributed by atoms with Gasteiger partial charge in [-0.05, 0) is 35.8 Å². The normalized spacial score (nSPS) is 20.6. The Balaban J connectivity index is 1.77. The van der Waals surface area contributed by atoms with E-state index in [1.807, 2.05) is 7.05 Å². The summed E-state index contributed by atoms with van der Waals surface area (Å²) in [7, 11) is 3.50. The highest BCUT2D eigenvalue weighted by Crippen LogP contribution is 2.23. The number of benzene rings is 1. The summed E-state index contributed by atoms with van der Waals surface area (Å²) in [6.45, 7) is 11.8. The number of aliphatic imine (C=N–C) groups is 1. The lowest BCUT2D eigenvalue weighted by Gasteiger charge is -2.35. The van der Waals surface area contributed by atoms with E-state index in [2.05, 4.69) is 58.6 Å². The molecule has 1 aliphatic heterocycles. The van der Waals surface area contributed by atoms with E-state index in [4.69, 9.17) is 9.47 Å². The van der Waals surface area contributed by atoms with Crippen molar-refractivity contribution in [2.45, 2.75) is 39.8 Å². The van der Waals surface area contributed by atoms with Gasteiger partial charge in [-0.1, -0.05) is 38.1 Å². The molecule has 1 saturated heterocycles. The molecule has 2 rings (SSSR count). The lowest BCUT2D eigenvalue weighted by molar-refractivity contribution is 0.0698. The summed E-state index contributed by atoms with van der Waals surface area (Å²) in [5, 5.41) is 6.81. The summed E-state index contributed by atoms with van der Waals surface area (Å²) < 4.78 is 10.5. The van der Waals surface area contributed by atoms with E-state index < -0.39 is 0 Å². The van der Waals surface area contributed by atoms with Crippen LogP contribution in [-0.4, -0.2) is 64.5 Å². The Morgan fingerprint density at radius 1 is 1.07 bits per heavy atom. The van der Waals surface area contributed by atoms with E-state index in [0.717, 1.165) is 50.5 Å². The molecular formula is C23H40N4O2. The summed E-state index contributed by atoms with van der Waals surface area (Å²) >= 11 is 0. The third-order valence-electron chi connectivity index (χ3n) is 5.32. The molecule has 29 heavy (non-hydrogen) atoms. The van der Waals surface area contributed by atoms with Crippen molar-refractivity contribution < 1.29 is 9.47 Å². The second-order valence-corrected chi connectivity index (χ2v) is 8.22. The largest absolute Gasteiger partial charge is 0.382 e. The Labute approximate surface area is 177 Å². The van der Waals surface area contributed by atoms with Crippen LogP contribution in [0.25, 0.3) is 0 Å². The molecule has 0 aromatic heterocycles. The van der Waals surface area contributed by atoms with Gasteiger partial charge in [0.1, 0.15) is 0 Å². The van der Waals surface area contributed by atoms with Crippen LogP contribution in [0.2, 0.25) is 0 Å². The fourth-order valence-corrected chi connectivity index (χ4v) is 4.07. The fourth-order valence-electron chi connectivity index (χ4n) is 4.07. The number of piperidine rings is 1. The topological polar surface area (TPSA) is 58.1 Å². The molecule has 0 aliphatic carbocycles. The quantitative estimate of drug-likeness (QED) is 0.337. The highest BCUT2D eigenvalue weighted by molar-refractivity contribution is 5.79. The molecule has 2 atom stereocenters. The molecule has 1 aliphatic rings. The molecule has 2 unspecified atom stereocenters. The standard InChI is InChI=1S/C23H40N4O2/c1-19-14-20(2)17-27(16-19)18-22-9-6-5-8-21(22)15-26-23(24-3)25-10-7-11-29-13-12-28-4/h5-6,8-9,19-20H,7,10-18H2,1-4H3,(H2,24,25,26). The zero-order valence-corrected chi connectivity index (χ0v) is 18.7. The van der Waals surface area contributed by atoms with Gasteiger partial charge in [0.25, 0.3) is 0 Å². The molecule has 1 aromatic carbocycles. The van der Waals surface area contributed by atoms with Crippen molar-refractivity contribution in [2.24, 2.45) is 16.8 Å². The van der Waals surface area contributed by atoms with Crippen molar-refractivity contribution in [2.75, 3.05) is 53.6 Å². The Hall–Kier alpha value is -1.63. The van der Waals surface area contributed by atoms with Gasteiger partial charge in [0, 0.05) is 53.5 Å². The Morgan fingerprint density at radius 3 is 2.48 bits per heavy atom. The molecule has 0 amide bonds. The van der Waals surface area contributed by atoms with Crippen LogP contribution in [0, 0.1) is 11.8 Å². The molecule has 6 heteroatoms. The van der Waals surface area contributed by atoms with Crippen LogP contribution in [0.3, 0.4) is 0 Å². The first-order chi connectivity index (χ1) is 14.1. The maximum atomic E-state index is 5.49. The number of ether oxygens (including phenoxy) is 2. The summed E-state index contributed by atoms with van der Waals surface area (Å²) in [6.07, 6.45) is 2.28. The summed E-state index contributed by atoms with van der Waals surface area (Å²) in [5.74, 6) is 2.40. The van der Waals surface area contributed by atoms with Crippen LogP contribution < -0.4 is 10.6 Å². The van der Waals surface area contributed by atoms with E-state index in [0.29, 0.717) is 13.2 Å². The average molecular weight is 405 g/mol. The Kier molecular flexibility index (Phi) is 11.1. The molecule has 0 bridgehead atoms. The molecule has 0 spiro atoms. The second kappa shape index (κ2) is 13.6. The monoisotopic (exact) mass is 404 g/mol. The average Bonchev–Trinajstić information content (AvgIpc) is 2.70.